The van der Waals surface area contributed by atoms with Gasteiger partial charge in [0.15, 0.2) is 0 Å². The quantitative estimate of drug-likeness (QED) is 0.655. The zero-order valence-electron chi connectivity index (χ0n) is 12.3. The fraction of sp³-hybridized carbons (Fsp3) is 0.294. The fourth-order valence-electron chi connectivity index (χ4n) is 2.27. The first-order chi connectivity index (χ1) is 10.7. The summed E-state index contributed by atoms with van der Waals surface area (Å²) in [6.07, 6.45) is 0.653. The Morgan fingerprint density at radius 2 is 1.73 bits per heavy atom. The molecular formula is C17H20N2O3. The second-order valence-corrected chi connectivity index (χ2v) is 5.05. The molecule has 0 radical (unpaired) electrons. The van der Waals surface area contributed by atoms with Gasteiger partial charge in [0.05, 0.1) is 0 Å². The molecule has 3 N–H and O–H groups in total. The average molecular weight is 300 g/mol. The van der Waals surface area contributed by atoms with Gasteiger partial charge < -0.3 is 15.7 Å². The third-order valence-electron chi connectivity index (χ3n) is 3.35. The Bertz CT molecular complexity index is 650. The lowest BCUT2D eigenvalue weighted by Crippen LogP contribution is -2.28. The molecule has 1 amide bonds. The van der Waals surface area contributed by atoms with Crippen molar-refractivity contribution < 1.29 is 14.7 Å². The molecule has 0 saturated heterocycles. The van der Waals surface area contributed by atoms with Gasteiger partial charge in [0.1, 0.15) is 0 Å². The summed E-state index contributed by atoms with van der Waals surface area (Å²) < 4.78 is 0. The van der Waals surface area contributed by atoms with E-state index in [1.54, 1.807) is 0 Å². The number of anilines is 1. The Morgan fingerprint density at radius 3 is 2.55 bits per heavy atom. The Balaban J connectivity index is 1.74. The van der Waals surface area contributed by atoms with Crippen molar-refractivity contribution in [3.8, 4) is 0 Å². The molecular weight excluding hydrogens is 280 g/mol. The smallest absolute Gasteiger partial charge is 0.303 e. The number of benzene rings is 2. The van der Waals surface area contributed by atoms with E-state index in [1.807, 2.05) is 24.3 Å². The van der Waals surface area contributed by atoms with E-state index in [2.05, 4.69) is 28.8 Å². The molecule has 0 aliphatic carbocycles. The highest BCUT2D eigenvalue weighted by Crippen LogP contribution is 2.22. The molecule has 2 aromatic rings. The van der Waals surface area contributed by atoms with Crippen molar-refractivity contribution in [3.05, 3.63) is 42.5 Å². The number of hydrogen-bond acceptors (Lipinski definition) is 3. The number of carbonyl (C=O) groups excluding carboxylic acids is 1. The van der Waals surface area contributed by atoms with Crippen molar-refractivity contribution in [2.45, 2.75) is 19.3 Å². The van der Waals surface area contributed by atoms with Gasteiger partial charge in [-0.1, -0.05) is 36.4 Å². The summed E-state index contributed by atoms with van der Waals surface area (Å²) in [6.45, 7) is 1.13. The standard InChI is InChI=1S/C17H20N2O3/c20-16(9-4-10-17(21)22)19-12-11-18-15-8-3-6-13-5-1-2-7-14(13)15/h1-3,5-8,18H,4,9-12H2,(H,19,20)(H,21,22). The molecule has 0 spiro atoms. The Kier molecular flexibility index (Phi) is 5.77. The van der Waals surface area contributed by atoms with E-state index in [1.165, 1.54) is 5.39 Å². The summed E-state index contributed by atoms with van der Waals surface area (Å²) in [5, 5.41) is 16.9. The second kappa shape index (κ2) is 8.02. The molecule has 0 atom stereocenters. The third kappa shape index (κ3) is 4.77. The minimum atomic E-state index is -0.870. The van der Waals surface area contributed by atoms with Crippen LogP contribution in [-0.2, 0) is 9.59 Å². The summed E-state index contributed by atoms with van der Waals surface area (Å²) in [7, 11) is 0. The predicted octanol–water partition coefficient (Wildman–Crippen LogP) is 2.62. The number of amides is 1. The van der Waals surface area contributed by atoms with E-state index >= 15 is 0 Å². The highest BCUT2D eigenvalue weighted by atomic mass is 16.4. The molecule has 0 aromatic heterocycles. The first kappa shape index (κ1) is 15.8. The third-order valence-corrected chi connectivity index (χ3v) is 3.35. The topological polar surface area (TPSA) is 78.4 Å². The number of carbonyl (C=O) groups is 2. The fourth-order valence-corrected chi connectivity index (χ4v) is 2.27. The van der Waals surface area contributed by atoms with Crippen LogP contribution in [0.4, 0.5) is 5.69 Å². The Morgan fingerprint density at radius 1 is 0.955 bits per heavy atom. The van der Waals surface area contributed by atoms with E-state index in [0.29, 0.717) is 19.5 Å². The average Bonchev–Trinajstić information content (AvgIpc) is 2.51. The van der Waals surface area contributed by atoms with Crippen LogP contribution in [0.5, 0.6) is 0 Å². The minimum Gasteiger partial charge on any atom is -0.481 e. The number of rotatable bonds is 8. The normalized spacial score (nSPS) is 10.4. The maximum Gasteiger partial charge on any atom is 0.303 e. The van der Waals surface area contributed by atoms with Gasteiger partial charge in [-0.25, -0.2) is 0 Å². The van der Waals surface area contributed by atoms with Crippen molar-refractivity contribution in [1.82, 2.24) is 5.32 Å². The Labute approximate surface area is 129 Å². The van der Waals surface area contributed by atoms with Crippen LogP contribution in [0.2, 0.25) is 0 Å². The first-order valence-electron chi connectivity index (χ1n) is 7.37. The van der Waals surface area contributed by atoms with Gasteiger partial charge in [-0.05, 0) is 17.9 Å². The number of hydrogen-bond donors (Lipinski definition) is 3. The summed E-state index contributed by atoms with van der Waals surface area (Å²) in [5.74, 6) is -0.980. The van der Waals surface area contributed by atoms with Gasteiger partial charge in [0.25, 0.3) is 0 Å². The van der Waals surface area contributed by atoms with Crippen molar-refractivity contribution in [2.75, 3.05) is 18.4 Å². The van der Waals surface area contributed by atoms with E-state index in [0.717, 1.165) is 11.1 Å². The number of aliphatic carboxylic acids is 1. The predicted molar refractivity (Wildman–Crippen MR) is 86.9 cm³/mol. The summed E-state index contributed by atoms with van der Waals surface area (Å²) in [5.41, 5.74) is 1.04. The van der Waals surface area contributed by atoms with Crippen molar-refractivity contribution in [3.63, 3.8) is 0 Å². The number of fused-ring (bicyclic) bond motifs is 1. The molecule has 5 heteroatoms. The van der Waals surface area contributed by atoms with Crippen molar-refractivity contribution >= 4 is 28.3 Å². The van der Waals surface area contributed by atoms with E-state index < -0.39 is 5.97 Å². The highest BCUT2D eigenvalue weighted by molar-refractivity contribution is 5.93. The molecule has 0 aliphatic rings. The lowest BCUT2D eigenvalue weighted by atomic mass is 10.1. The SMILES string of the molecule is O=C(O)CCCC(=O)NCCNc1cccc2ccccc12. The number of carboxylic acids is 1. The molecule has 0 saturated carbocycles. The van der Waals surface area contributed by atoms with Gasteiger partial charge in [0, 0.05) is 37.0 Å². The van der Waals surface area contributed by atoms with Gasteiger partial charge in [0.2, 0.25) is 5.91 Å². The molecule has 0 aliphatic heterocycles. The van der Waals surface area contributed by atoms with Gasteiger partial charge >= 0.3 is 5.97 Å². The molecule has 0 fully saturated rings. The lowest BCUT2D eigenvalue weighted by molar-refractivity contribution is -0.137. The zero-order valence-corrected chi connectivity index (χ0v) is 12.3. The number of carboxylic acid groups (broad SMARTS) is 1. The second-order valence-electron chi connectivity index (χ2n) is 5.05. The van der Waals surface area contributed by atoms with E-state index in [-0.39, 0.29) is 18.7 Å². The lowest BCUT2D eigenvalue weighted by Gasteiger charge is -2.10. The first-order valence-corrected chi connectivity index (χ1v) is 7.37. The molecule has 0 bridgehead atoms. The molecule has 22 heavy (non-hydrogen) atoms. The van der Waals surface area contributed by atoms with Crippen LogP contribution < -0.4 is 10.6 Å². The maximum absolute atomic E-state index is 11.5. The summed E-state index contributed by atoms with van der Waals surface area (Å²) in [4.78, 5) is 21.9. The summed E-state index contributed by atoms with van der Waals surface area (Å²) >= 11 is 0. The van der Waals surface area contributed by atoms with Crippen LogP contribution >= 0.6 is 0 Å². The van der Waals surface area contributed by atoms with E-state index in [9.17, 15) is 9.59 Å². The van der Waals surface area contributed by atoms with Crippen LogP contribution in [0, 0.1) is 0 Å². The molecule has 0 unspecified atom stereocenters. The molecule has 116 valence electrons. The van der Waals surface area contributed by atoms with Crippen LogP contribution in [0.25, 0.3) is 10.8 Å². The van der Waals surface area contributed by atoms with Crippen LogP contribution in [-0.4, -0.2) is 30.1 Å². The van der Waals surface area contributed by atoms with Gasteiger partial charge in [-0.2, -0.15) is 0 Å². The highest BCUT2D eigenvalue weighted by Gasteiger charge is 2.03. The van der Waals surface area contributed by atoms with E-state index in [4.69, 9.17) is 5.11 Å². The van der Waals surface area contributed by atoms with Crippen LogP contribution in [0.3, 0.4) is 0 Å². The van der Waals surface area contributed by atoms with Crippen molar-refractivity contribution in [1.29, 1.82) is 0 Å². The molecule has 2 rings (SSSR count). The van der Waals surface area contributed by atoms with Crippen molar-refractivity contribution in [2.24, 2.45) is 0 Å². The monoisotopic (exact) mass is 300 g/mol. The molecule has 2 aromatic carbocycles. The van der Waals surface area contributed by atoms with Gasteiger partial charge in [-0.3, -0.25) is 9.59 Å². The Hall–Kier alpha value is -2.56. The largest absolute Gasteiger partial charge is 0.481 e. The minimum absolute atomic E-state index is 0.0294. The van der Waals surface area contributed by atoms with Gasteiger partial charge in [-0.15, -0.1) is 0 Å². The maximum atomic E-state index is 11.5. The van der Waals surface area contributed by atoms with Crippen LogP contribution in [0.1, 0.15) is 19.3 Å². The molecule has 0 heterocycles. The zero-order chi connectivity index (χ0) is 15.8. The number of nitrogens with one attached hydrogen (secondary N) is 2. The summed E-state index contributed by atoms with van der Waals surface area (Å²) in [6, 6.07) is 14.2. The molecule has 5 nitrogen and oxygen atoms in total. The van der Waals surface area contributed by atoms with Crippen LogP contribution in [0.15, 0.2) is 42.5 Å².